The van der Waals surface area contributed by atoms with E-state index >= 15 is 0 Å². The Morgan fingerprint density at radius 1 is 1.24 bits per heavy atom. The molecule has 2 aromatic heterocycles. The first kappa shape index (κ1) is 12.9. The molecule has 0 saturated carbocycles. The third-order valence-corrected chi connectivity index (χ3v) is 2.99. The Morgan fingerprint density at radius 2 is 2.10 bits per heavy atom. The van der Waals surface area contributed by atoms with Crippen molar-refractivity contribution in [2.75, 3.05) is 0 Å². The zero-order chi connectivity index (χ0) is 14.5. The van der Waals surface area contributed by atoms with Crippen LogP contribution in [0.2, 0.25) is 0 Å². The molecule has 0 atom stereocenters. The van der Waals surface area contributed by atoms with Crippen LogP contribution in [-0.2, 0) is 6.42 Å². The summed E-state index contributed by atoms with van der Waals surface area (Å²) in [6.45, 7) is 6.77. The molecule has 0 bridgehead atoms. The number of aromatic nitrogens is 3. The molecule has 0 radical (unpaired) electrons. The second-order valence-corrected chi connectivity index (χ2v) is 4.35. The molecule has 102 valence electrons. The highest BCUT2D eigenvalue weighted by atomic mass is 16.5. The molecular formula is C16H12N4O. The lowest BCUT2D eigenvalue weighted by atomic mass is 10.2. The molecule has 0 unspecified atom stereocenters. The van der Waals surface area contributed by atoms with E-state index in [9.17, 15) is 0 Å². The number of allylic oxidation sites excluding steroid dienone is 1. The van der Waals surface area contributed by atoms with Gasteiger partial charge in [-0.2, -0.15) is 0 Å². The van der Waals surface area contributed by atoms with Gasteiger partial charge in [0, 0.05) is 6.20 Å². The summed E-state index contributed by atoms with van der Waals surface area (Å²) in [6, 6.07) is 9.49. The molecule has 0 aliphatic heterocycles. The number of rotatable bonds is 4. The first-order valence-corrected chi connectivity index (χ1v) is 6.44. The standard InChI is InChI=1S/C16H12N4O/c1-17-9-5-6-12-10-18-15-14(12)16(20-11-19-15)21-13-7-3-2-4-8-13/h2-5,7-11H,6H2,(H,18,19,20)/b9-5-. The Kier molecular flexibility index (Phi) is 3.61. The smallest absolute Gasteiger partial charge is 0.232 e. The topological polar surface area (TPSA) is 55.2 Å². The minimum Gasteiger partial charge on any atom is -0.438 e. The average Bonchev–Trinajstić information content (AvgIpc) is 2.93. The zero-order valence-corrected chi connectivity index (χ0v) is 11.2. The molecule has 21 heavy (non-hydrogen) atoms. The van der Waals surface area contributed by atoms with Gasteiger partial charge in [-0.25, -0.2) is 14.8 Å². The molecule has 5 nitrogen and oxygen atoms in total. The van der Waals surface area contributed by atoms with Gasteiger partial charge < -0.3 is 9.72 Å². The summed E-state index contributed by atoms with van der Waals surface area (Å²) in [4.78, 5) is 14.7. The van der Waals surface area contributed by atoms with Crippen molar-refractivity contribution in [2.45, 2.75) is 6.42 Å². The number of fused-ring (bicyclic) bond motifs is 1. The van der Waals surface area contributed by atoms with Gasteiger partial charge in [0.15, 0.2) is 6.20 Å². The van der Waals surface area contributed by atoms with Crippen molar-refractivity contribution in [2.24, 2.45) is 0 Å². The summed E-state index contributed by atoms with van der Waals surface area (Å²) < 4.78 is 5.84. The molecule has 0 saturated heterocycles. The van der Waals surface area contributed by atoms with Gasteiger partial charge in [-0.15, -0.1) is 0 Å². The van der Waals surface area contributed by atoms with E-state index in [1.54, 1.807) is 6.08 Å². The average molecular weight is 276 g/mol. The lowest BCUT2D eigenvalue weighted by Crippen LogP contribution is -1.91. The minimum absolute atomic E-state index is 0.513. The van der Waals surface area contributed by atoms with Crippen molar-refractivity contribution >= 4 is 11.0 Å². The molecule has 2 heterocycles. The Balaban J connectivity index is 2.00. The van der Waals surface area contributed by atoms with Crippen LogP contribution in [0.1, 0.15) is 5.56 Å². The summed E-state index contributed by atoms with van der Waals surface area (Å²) >= 11 is 0. The number of H-pyrrole nitrogens is 1. The maximum atomic E-state index is 6.77. The third-order valence-electron chi connectivity index (χ3n) is 2.99. The highest BCUT2D eigenvalue weighted by Crippen LogP contribution is 2.29. The molecule has 0 aliphatic carbocycles. The zero-order valence-electron chi connectivity index (χ0n) is 11.2. The summed E-state index contributed by atoms with van der Waals surface area (Å²) in [6.07, 6.45) is 7.21. The van der Waals surface area contributed by atoms with Crippen LogP contribution in [0.25, 0.3) is 15.9 Å². The van der Waals surface area contributed by atoms with Crippen LogP contribution in [0.3, 0.4) is 0 Å². The molecule has 0 amide bonds. The van der Waals surface area contributed by atoms with Crippen LogP contribution in [-0.4, -0.2) is 15.0 Å². The quantitative estimate of drug-likeness (QED) is 0.739. The Labute approximate surface area is 121 Å². The van der Waals surface area contributed by atoms with Crippen LogP contribution in [0, 0.1) is 6.57 Å². The van der Waals surface area contributed by atoms with Crippen molar-refractivity contribution in [1.29, 1.82) is 0 Å². The number of ether oxygens (including phenoxy) is 1. The molecule has 3 rings (SSSR count). The van der Waals surface area contributed by atoms with Crippen LogP contribution >= 0.6 is 0 Å². The van der Waals surface area contributed by atoms with Crippen LogP contribution < -0.4 is 4.74 Å². The molecule has 0 fully saturated rings. The summed E-state index contributed by atoms with van der Waals surface area (Å²) in [5.74, 6) is 1.24. The van der Waals surface area contributed by atoms with Gasteiger partial charge in [0.25, 0.3) is 0 Å². The number of nitrogens with zero attached hydrogens (tertiary/aromatic N) is 3. The van der Waals surface area contributed by atoms with E-state index < -0.39 is 0 Å². The maximum absolute atomic E-state index is 6.77. The largest absolute Gasteiger partial charge is 0.438 e. The molecule has 0 aliphatic rings. The molecule has 0 spiro atoms. The first-order valence-electron chi connectivity index (χ1n) is 6.44. The number of para-hydroxylation sites is 1. The number of benzene rings is 1. The Bertz CT molecular complexity index is 815. The highest BCUT2D eigenvalue weighted by Gasteiger charge is 2.12. The van der Waals surface area contributed by atoms with Crippen LogP contribution in [0.5, 0.6) is 11.6 Å². The normalized spacial score (nSPS) is 10.8. The van der Waals surface area contributed by atoms with Gasteiger partial charge in [-0.05, 0) is 24.1 Å². The third kappa shape index (κ3) is 2.74. The number of hydrogen-bond acceptors (Lipinski definition) is 3. The minimum atomic E-state index is 0.513. The summed E-state index contributed by atoms with van der Waals surface area (Å²) in [5.41, 5.74) is 1.72. The highest BCUT2D eigenvalue weighted by molar-refractivity contribution is 5.85. The van der Waals surface area contributed by atoms with E-state index in [2.05, 4.69) is 19.8 Å². The van der Waals surface area contributed by atoms with Gasteiger partial charge in [-0.1, -0.05) is 24.3 Å². The Hall–Kier alpha value is -3.13. The lowest BCUT2D eigenvalue weighted by molar-refractivity contribution is 0.468. The van der Waals surface area contributed by atoms with Gasteiger partial charge in [-0.3, -0.25) is 0 Å². The fraction of sp³-hybridized carbons (Fsp3) is 0.0625. The van der Waals surface area contributed by atoms with Crippen molar-refractivity contribution < 1.29 is 4.74 Å². The monoisotopic (exact) mass is 276 g/mol. The van der Waals surface area contributed by atoms with E-state index in [1.807, 2.05) is 36.5 Å². The second kappa shape index (κ2) is 5.88. The molecule has 1 aromatic carbocycles. The number of nitrogens with one attached hydrogen (secondary N) is 1. The van der Waals surface area contributed by atoms with Crippen molar-refractivity contribution in [3.8, 4) is 11.6 Å². The van der Waals surface area contributed by atoms with E-state index in [1.165, 1.54) is 12.5 Å². The summed E-state index contributed by atoms with van der Waals surface area (Å²) in [7, 11) is 0. The van der Waals surface area contributed by atoms with E-state index in [4.69, 9.17) is 11.3 Å². The molecule has 3 aromatic rings. The fourth-order valence-corrected chi connectivity index (χ4v) is 2.07. The predicted molar refractivity (Wildman–Crippen MR) is 79.9 cm³/mol. The molecule has 1 N–H and O–H groups in total. The molecular weight excluding hydrogens is 264 g/mol. The Morgan fingerprint density at radius 3 is 2.90 bits per heavy atom. The van der Waals surface area contributed by atoms with Crippen molar-refractivity contribution in [3.63, 3.8) is 0 Å². The lowest BCUT2D eigenvalue weighted by Gasteiger charge is -2.06. The van der Waals surface area contributed by atoms with Crippen molar-refractivity contribution in [3.05, 3.63) is 72.1 Å². The van der Waals surface area contributed by atoms with Gasteiger partial charge in [0.2, 0.25) is 5.88 Å². The molecule has 5 heteroatoms. The van der Waals surface area contributed by atoms with Gasteiger partial charge >= 0.3 is 0 Å². The number of hydrogen-bond donors (Lipinski definition) is 1. The maximum Gasteiger partial charge on any atom is 0.232 e. The van der Waals surface area contributed by atoms with E-state index in [-0.39, 0.29) is 0 Å². The first-order chi connectivity index (χ1) is 10.4. The van der Waals surface area contributed by atoms with Crippen LogP contribution in [0.4, 0.5) is 0 Å². The summed E-state index contributed by atoms with van der Waals surface area (Å²) in [5, 5.41) is 0.844. The van der Waals surface area contributed by atoms with Gasteiger partial charge in [0.05, 0.1) is 12.0 Å². The van der Waals surface area contributed by atoms with E-state index in [0.29, 0.717) is 12.3 Å². The fourth-order valence-electron chi connectivity index (χ4n) is 2.07. The van der Waals surface area contributed by atoms with Gasteiger partial charge in [0.1, 0.15) is 17.7 Å². The van der Waals surface area contributed by atoms with E-state index in [0.717, 1.165) is 22.3 Å². The van der Waals surface area contributed by atoms with Crippen LogP contribution in [0.15, 0.2) is 55.1 Å². The SMILES string of the molecule is [C-]#[N+]/C=C\Cc1c[nH]c2ncnc(Oc3ccccc3)c12. The van der Waals surface area contributed by atoms with Crippen molar-refractivity contribution in [1.82, 2.24) is 15.0 Å². The second-order valence-electron chi connectivity index (χ2n) is 4.35. The predicted octanol–water partition coefficient (Wildman–Crippen LogP) is 3.73. The number of aromatic amines is 1.